The SMILES string of the molecule is CCOOC(=O)c1ccc(C(=O)NCCc2ccc(N(C)C)cc2)c(C(=O)N2CCC(Oc3ccc(-c4ccc(N(C)C)cc4)cn3)CC2)c1. The molecule has 0 saturated carbocycles. The molecular weight excluding hydrogens is 634 g/mol. The Balaban J connectivity index is 1.21. The van der Waals surface area contributed by atoms with E-state index in [1.54, 1.807) is 18.0 Å². The lowest BCUT2D eigenvalue weighted by atomic mass is 10.00. The Kier molecular flexibility index (Phi) is 12.1. The molecule has 1 saturated heterocycles. The zero-order valence-corrected chi connectivity index (χ0v) is 29.3. The van der Waals surface area contributed by atoms with Crippen molar-refractivity contribution >= 4 is 29.2 Å². The van der Waals surface area contributed by atoms with Crippen molar-refractivity contribution < 1.29 is 28.9 Å². The average molecular weight is 680 g/mol. The highest BCUT2D eigenvalue weighted by Gasteiger charge is 2.29. The first-order valence-electron chi connectivity index (χ1n) is 16.8. The third-order valence-corrected chi connectivity index (χ3v) is 8.60. The van der Waals surface area contributed by atoms with Gasteiger partial charge in [-0.2, -0.15) is 4.89 Å². The molecule has 0 atom stereocenters. The van der Waals surface area contributed by atoms with Gasteiger partial charge in [-0.3, -0.25) is 14.5 Å². The fourth-order valence-electron chi connectivity index (χ4n) is 5.67. The van der Waals surface area contributed by atoms with E-state index in [0.29, 0.717) is 44.8 Å². The molecule has 11 heteroatoms. The van der Waals surface area contributed by atoms with Gasteiger partial charge < -0.3 is 24.8 Å². The van der Waals surface area contributed by atoms with Gasteiger partial charge in [0.2, 0.25) is 5.88 Å². The number of anilines is 2. The van der Waals surface area contributed by atoms with E-state index in [0.717, 1.165) is 28.1 Å². The highest BCUT2D eigenvalue weighted by atomic mass is 17.2. The highest BCUT2D eigenvalue weighted by Crippen LogP contribution is 2.25. The maximum atomic E-state index is 13.9. The van der Waals surface area contributed by atoms with E-state index in [4.69, 9.17) is 14.5 Å². The molecule has 1 N–H and O–H groups in total. The van der Waals surface area contributed by atoms with Crippen LogP contribution in [0.5, 0.6) is 5.88 Å². The summed E-state index contributed by atoms with van der Waals surface area (Å²) in [5.41, 5.74) is 5.78. The number of hydrogen-bond donors (Lipinski definition) is 1. The summed E-state index contributed by atoms with van der Waals surface area (Å²) in [6.07, 6.45) is 3.47. The lowest BCUT2D eigenvalue weighted by molar-refractivity contribution is -0.236. The van der Waals surface area contributed by atoms with Gasteiger partial charge in [-0.05, 0) is 73.0 Å². The molecule has 0 spiro atoms. The number of nitrogens with one attached hydrogen (secondary N) is 1. The van der Waals surface area contributed by atoms with Crippen LogP contribution in [0.4, 0.5) is 11.4 Å². The second-order valence-corrected chi connectivity index (χ2v) is 12.5. The smallest absolute Gasteiger partial charge is 0.373 e. The molecule has 11 nitrogen and oxygen atoms in total. The van der Waals surface area contributed by atoms with E-state index in [1.165, 1.54) is 18.2 Å². The van der Waals surface area contributed by atoms with Gasteiger partial charge in [0.1, 0.15) is 6.10 Å². The van der Waals surface area contributed by atoms with Crippen molar-refractivity contribution in [3.05, 3.63) is 107 Å². The minimum absolute atomic E-state index is 0.112. The molecular formula is C39H45N5O6. The predicted octanol–water partition coefficient (Wildman–Crippen LogP) is 5.65. The molecule has 5 rings (SSSR count). The van der Waals surface area contributed by atoms with Gasteiger partial charge in [-0.15, -0.1) is 0 Å². The molecule has 50 heavy (non-hydrogen) atoms. The van der Waals surface area contributed by atoms with Crippen LogP contribution in [0.3, 0.4) is 0 Å². The molecule has 4 aromatic rings. The first-order valence-corrected chi connectivity index (χ1v) is 16.8. The predicted molar refractivity (Wildman–Crippen MR) is 194 cm³/mol. The number of likely N-dealkylation sites (tertiary alicyclic amines) is 1. The Morgan fingerprint density at radius 3 is 2.06 bits per heavy atom. The molecule has 1 aliphatic heterocycles. The summed E-state index contributed by atoms with van der Waals surface area (Å²) >= 11 is 0. The van der Waals surface area contributed by atoms with E-state index in [2.05, 4.69) is 39.5 Å². The van der Waals surface area contributed by atoms with E-state index in [9.17, 15) is 14.4 Å². The van der Waals surface area contributed by atoms with E-state index >= 15 is 0 Å². The number of rotatable bonds is 13. The molecule has 262 valence electrons. The summed E-state index contributed by atoms with van der Waals surface area (Å²) in [7, 11) is 7.98. The maximum absolute atomic E-state index is 13.9. The van der Waals surface area contributed by atoms with Crippen molar-refractivity contribution in [1.82, 2.24) is 15.2 Å². The first-order chi connectivity index (χ1) is 24.1. The lowest BCUT2D eigenvalue weighted by Gasteiger charge is -2.32. The Morgan fingerprint density at radius 2 is 1.46 bits per heavy atom. The number of aromatic nitrogens is 1. The Morgan fingerprint density at radius 1 is 0.820 bits per heavy atom. The normalized spacial score (nSPS) is 13.0. The molecule has 1 aromatic heterocycles. The summed E-state index contributed by atoms with van der Waals surface area (Å²) in [6.45, 7) is 3.07. The number of amides is 2. The summed E-state index contributed by atoms with van der Waals surface area (Å²) in [5, 5.41) is 2.93. The fourth-order valence-corrected chi connectivity index (χ4v) is 5.67. The monoisotopic (exact) mass is 679 g/mol. The number of carbonyl (C=O) groups is 3. The molecule has 0 unspecified atom stereocenters. The fraction of sp³-hybridized carbons (Fsp3) is 0.333. The van der Waals surface area contributed by atoms with Crippen molar-refractivity contribution in [2.24, 2.45) is 0 Å². The molecule has 2 amide bonds. The average Bonchev–Trinajstić information content (AvgIpc) is 3.14. The number of piperidine rings is 1. The van der Waals surface area contributed by atoms with Gasteiger partial charge in [0.25, 0.3) is 11.8 Å². The molecule has 0 aliphatic carbocycles. The largest absolute Gasteiger partial charge is 0.474 e. The molecule has 0 radical (unpaired) electrons. The number of nitrogens with zero attached hydrogens (tertiary/aromatic N) is 4. The Bertz CT molecular complexity index is 1750. The Hall–Kier alpha value is -5.42. The number of benzene rings is 3. The number of ether oxygens (including phenoxy) is 1. The van der Waals surface area contributed by atoms with Crippen LogP contribution in [0.2, 0.25) is 0 Å². The molecule has 1 aliphatic rings. The van der Waals surface area contributed by atoms with E-state index in [-0.39, 0.29) is 35.3 Å². The third kappa shape index (κ3) is 9.17. The number of carbonyl (C=O) groups excluding carboxylic acids is 3. The molecule has 2 heterocycles. The maximum Gasteiger partial charge on any atom is 0.373 e. The molecule has 0 bridgehead atoms. The van der Waals surface area contributed by atoms with E-state index in [1.807, 2.05) is 69.5 Å². The molecule has 3 aromatic carbocycles. The summed E-state index contributed by atoms with van der Waals surface area (Å²) in [6, 6.07) is 24.6. The second kappa shape index (κ2) is 16.8. The quantitative estimate of drug-likeness (QED) is 0.142. The first kappa shape index (κ1) is 35.9. The second-order valence-electron chi connectivity index (χ2n) is 12.5. The van der Waals surface area contributed by atoms with Crippen molar-refractivity contribution in [2.75, 3.05) is 64.2 Å². The van der Waals surface area contributed by atoms with Crippen molar-refractivity contribution in [3.8, 4) is 17.0 Å². The zero-order chi connectivity index (χ0) is 35.6. The van der Waals surface area contributed by atoms with Crippen LogP contribution in [0.1, 0.15) is 56.4 Å². The van der Waals surface area contributed by atoms with E-state index < -0.39 is 11.9 Å². The van der Waals surface area contributed by atoms with Crippen LogP contribution in [-0.2, 0) is 16.2 Å². The van der Waals surface area contributed by atoms with Gasteiger partial charge in [-0.1, -0.05) is 24.3 Å². The third-order valence-electron chi connectivity index (χ3n) is 8.60. The number of pyridine rings is 1. The summed E-state index contributed by atoms with van der Waals surface area (Å²) < 4.78 is 6.18. The van der Waals surface area contributed by atoms with Crippen LogP contribution in [0.15, 0.2) is 85.1 Å². The minimum Gasteiger partial charge on any atom is -0.474 e. The van der Waals surface area contributed by atoms with Crippen LogP contribution in [0, 0.1) is 0 Å². The highest BCUT2D eigenvalue weighted by molar-refractivity contribution is 6.08. The summed E-state index contributed by atoms with van der Waals surface area (Å²) in [4.78, 5) is 59.8. The lowest BCUT2D eigenvalue weighted by Crippen LogP contribution is -2.42. The van der Waals surface area contributed by atoms with Crippen molar-refractivity contribution in [2.45, 2.75) is 32.3 Å². The van der Waals surface area contributed by atoms with Gasteiger partial charge in [-0.25, -0.2) is 9.78 Å². The standard InChI is InChI=1S/C39H45N5O6/c1-6-48-50-39(47)29-11-17-34(37(45)40-22-19-27-7-13-31(14-8-27)42(2)3)35(25-29)38(46)44-23-20-33(21-24-44)49-36-18-12-30(26-41-36)28-9-15-32(16-10-28)43(4)5/h7-18,25-26,33H,6,19-24H2,1-5H3,(H,40,45). The van der Waals surface area contributed by atoms with Crippen LogP contribution in [-0.4, -0.2) is 88.2 Å². The number of hydrogen-bond acceptors (Lipinski definition) is 9. The topological polar surface area (TPSA) is 114 Å². The van der Waals surface area contributed by atoms with Crippen molar-refractivity contribution in [1.29, 1.82) is 0 Å². The zero-order valence-electron chi connectivity index (χ0n) is 29.3. The van der Waals surface area contributed by atoms with Gasteiger partial charge in [0.15, 0.2) is 0 Å². The van der Waals surface area contributed by atoms with Crippen molar-refractivity contribution in [3.63, 3.8) is 0 Å². The van der Waals surface area contributed by atoms with Crippen LogP contribution in [0.25, 0.3) is 11.1 Å². The van der Waals surface area contributed by atoms with Crippen LogP contribution < -0.4 is 19.9 Å². The van der Waals surface area contributed by atoms with Crippen LogP contribution >= 0.6 is 0 Å². The minimum atomic E-state index is -0.745. The summed E-state index contributed by atoms with van der Waals surface area (Å²) in [5.74, 6) is -0.965. The van der Waals surface area contributed by atoms with Gasteiger partial charge >= 0.3 is 5.97 Å². The Labute approximate surface area is 293 Å². The van der Waals surface area contributed by atoms with Gasteiger partial charge in [0.05, 0.1) is 23.3 Å². The molecule has 1 fully saturated rings. The van der Waals surface area contributed by atoms with Gasteiger partial charge in [0, 0.05) is 89.9 Å².